The summed E-state index contributed by atoms with van der Waals surface area (Å²) in [6.45, 7) is 1.36. The lowest BCUT2D eigenvalue weighted by molar-refractivity contribution is -0.132. The third-order valence-corrected chi connectivity index (χ3v) is 1.88. The number of nitrogens with one attached hydrogen (secondary N) is 1. The van der Waals surface area contributed by atoms with Gasteiger partial charge in [0.2, 0.25) is 5.88 Å². The van der Waals surface area contributed by atoms with Crippen LogP contribution < -0.4 is 10.5 Å². The number of fused-ring (bicyclic) bond motifs is 1. The molecule has 4 heteroatoms. The van der Waals surface area contributed by atoms with E-state index in [1.54, 1.807) is 18.2 Å². The fourth-order valence-electron chi connectivity index (χ4n) is 1.33. The number of esters is 1. The van der Waals surface area contributed by atoms with Gasteiger partial charge in [-0.1, -0.05) is 6.07 Å². The molecule has 0 aliphatic rings. The van der Waals surface area contributed by atoms with Gasteiger partial charge in [0, 0.05) is 24.1 Å². The number of anilines is 1. The van der Waals surface area contributed by atoms with Gasteiger partial charge in [-0.15, -0.1) is 0 Å². The summed E-state index contributed by atoms with van der Waals surface area (Å²) in [7, 11) is 0. The molecular formula is C10H10N2O2. The van der Waals surface area contributed by atoms with Crippen LogP contribution >= 0.6 is 0 Å². The number of aromatic nitrogens is 1. The Kier molecular flexibility index (Phi) is 1.89. The molecule has 0 atom stereocenters. The van der Waals surface area contributed by atoms with E-state index in [1.807, 2.05) is 6.07 Å². The van der Waals surface area contributed by atoms with Crippen LogP contribution in [0, 0.1) is 0 Å². The predicted molar refractivity (Wildman–Crippen MR) is 54.0 cm³/mol. The topological polar surface area (TPSA) is 68.1 Å². The van der Waals surface area contributed by atoms with Crippen LogP contribution in [0.3, 0.4) is 0 Å². The van der Waals surface area contributed by atoms with Crippen LogP contribution in [0.25, 0.3) is 10.9 Å². The molecule has 0 aliphatic heterocycles. The van der Waals surface area contributed by atoms with Crippen molar-refractivity contribution in [2.24, 2.45) is 0 Å². The number of carbonyl (C=O) groups excluding carboxylic acids is 1. The molecule has 4 nitrogen and oxygen atoms in total. The van der Waals surface area contributed by atoms with E-state index in [0.29, 0.717) is 11.6 Å². The number of ether oxygens (including phenoxy) is 1. The van der Waals surface area contributed by atoms with E-state index in [4.69, 9.17) is 10.5 Å². The maximum atomic E-state index is 10.7. The van der Waals surface area contributed by atoms with E-state index in [9.17, 15) is 4.79 Å². The zero-order valence-corrected chi connectivity index (χ0v) is 7.70. The molecule has 0 saturated heterocycles. The van der Waals surface area contributed by atoms with E-state index in [-0.39, 0.29) is 5.97 Å². The zero-order valence-electron chi connectivity index (χ0n) is 7.70. The van der Waals surface area contributed by atoms with E-state index >= 15 is 0 Å². The highest BCUT2D eigenvalue weighted by Gasteiger charge is 2.03. The second-order valence-electron chi connectivity index (χ2n) is 3.07. The van der Waals surface area contributed by atoms with Gasteiger partial charge in [-0.25, -0.2) is 0 Å². The first-order valence-corrected chi connectivity index (χ1v) is 4.22. The van der Waals surface area contributed by atoms with E-state index in [1.165, 1.54) is 6.92 Å². The highest BCUT2D eigenvalue weighted by molar-refractivity contribution is 5.85. The Balaban J connectivity index is 2.46. The minimum absolute atomic E-state index is 0.343. The van der Waals surface area contributed by atoms with Crippen molar-refractivity contribution in [1.29, 1.82) is 0 Å². The number of rotatable bonds is 1. The lowest BCUT2D eigenvalue weighted by Gasteiger charge is -1.93. The lowest BCUT2D eigenvalue weighted by Crippen LogP contribution is -2.00. The third-order valence-electron chi connectivity index (χ3n) is 1.88. The second-order valence-corrected chi connectivity index (χ2v) is 3.07. The number of hydrogen-bond donors (Lipinski definition) is 2. The van der Waals surface area contributed by atoms with E-state index in [0.717, 1.165) is 10.9 Å². The van der Waals surface area contributed by atoms with Gasteiger partial charge in [-0.05, 0) is 12.1 Å². The first-order chi connectivity index (χ1) is 6.65. The fraction of sp³-hybridized carbons (Fsp3) is 0.100. The average molecular weight is 190 g/mol. The van der Waals surface area contributed by atoms with Crippen molar-refractivity contribution >= 4 is 22.6 Å². The highest BCUT2D eigenvalue weighted by atomic mass is 16.5. The molecule has 0 amide bonds. The molecule has 0 aliphatic carbocycles. The van der Waals surface area contributed by atoms with Gasteiger partial charge < -0.3 is 15.5 Å². The minimum Gasteiger partial charge on any atom is -0.410 e. The molecule has 0 spiro atoms. The number of hydrogen-bond acceptors (Lipinski definition) is 3. The Hall–Kier alpha value is -1.97. The monoisotopic (exact) mass is 190 g/mol. The van der Waals surface area contributed by atoms with Crippen LogP contribution in [-0.2, 0) is 4.79 Å². The van der Waals surface area contributed by atoms with Gasteiger partial charge in [0.05, 0.1) is 5.52 Å². The van der Waals surface area contributed by atoms with Crippen molar-refractivity contribution in [1.82, 2.24) is 4.98 Å². The quantitative estimate of drug-likeness (QED) is 0.531. The van der Waals surface area contributed by atoms with Crippen LogP contribution in [0.2, 0.25) is 0 Å². The molecule has 1 aromatic carbocycles. The van der Waals surface area contributed by atoms with E-state index < -0.39 is 0 Å². The Morgan fingerprint density at radius 2 is 2.21 bits per heavy atom. The SMILES string of the molecule is CC(=O)Oc1cc2ccc(N)cc2[nH]1. The predicted octanol–water partition coefficient (Wildman–Crippen LogP) is 1.68. The number of nitrogens with two attached hydrogens (primary N) is 1. The van der Waals surface area contributed by atoms with Crippen LogP contribution in [0.4, 0.5) is 5.69 Å². The molecule has 0 unspecified atom stereocenters. The van der Waals surface area contributed by atoms with E-state index in [2.05, 4.69) is 4.98 Å². The summed E-state index contributed by atoms with van der Waals surface area (Å²) >= 11 is 0. The van der Waals surface area contributed by atoms with Gasteiger partial charge in [0.25, 0.3) is 0 Å². The molecule has 0 bridgehead atoms. The number of nitrogen functional groups attached to an aromatic ring is 1. The van der Waals surface area contributed by atoms with Gasteiger partial charge >= 0.3 is 5.97 Å². The first kappa shape index (κ1) is 8.62. The van der Waals surface area contributed by atoms with Crippen LogP contribution in [0.1, 0.15) is 6.92 Å². The summed E-state index contributed by atoms with van der Waals surface area (Å²) in [6, 6.07) is 7.22. The number of aromatic amines is 1. The average Bonchev–Trinajstić information content (AvgIpc) is 2.44. The molecule has 72 valence electrons. The summed E-state index contributed by atoms with van der Waals surface area (Å²) in [4.78, 5) is 13.6. The summed E-state index contributed by atoms with van der Waals surface area (Å²) in [6.07, 6.45) is 0. The van der Waals surface area contributed by atoms with Crippen LogP contribution in [-0.4, -0.2) is 11.0 Å². The Morgan fingerprint density at radius 3 is 2.93 bits per heavy atom. The van der Waals surface area contributed by atoms with Gasteiger partial charge in [0.15, 0.2) is 0 Å². The summed E-state index contributed by atoms with van der Waals surface area (Å²) in [5, 5.41) is 0.968. The normalized spacial score (nSPS) is 10.4. The molecule has 1 heterocycles. The Labute approximate surface area is 80.7 Å². The summed E-state index contributed by atoms with van der Waals surface area (Å²) in [5.41, 5.74) is 7.14. The number of H-pyrrole nitrogens is 1. The summed E-state index contributed by atoms with van der Waals surface area (Å²) < 4.78 is 4.90. The minimum atomic E-state index is -0.343. The van der Waals surface area contributed by atoms with Gasteiger partial charge in [-0.2, -0.15) is 0 Å². The zero-order chi connectivity index (χ0) is 10.1. The largest absolute Gasteiger partial charge is 0.410 e. The molecular weight excluding hydrogens is 180 g/mol. The molecule has 1 aromatic heterocycles. The molecule has 14 heavy (non-hydrogen) atoms. The highest BCUT2D eigenvalue weighted by Crippen LogP contribution is 2.22. The van der Waals surface area contributed by atoms with Crippen molar-refractivity contribution in [3.8, 4) is 5.88 Å². The summed E-state index contributed by atoms with van der Waals surface area (Å²) in [5.74, 6) is 0.0997. The Morgan fingerprint density at radius 1 is 1.43 bits per heavy atom. The Bertz CT molecular complexity index is 488. The van der Waals surface area contributed by atoms with Crippen molar-refractivity contribution in [3.63, 3.8) is 0 Å². The van der Waals surface area contributed by atoms with Crippen molar-refractivity contribution in [2.75, 3.05) is 5.73 Å². The van der Waals surface area contributed by atoms with Crippen LogP contribution in [0.15, 0.2) is 24.3 Å². The van der Waals surface area contributed by atoms with Crippen LogP contribution in [0.5, 0.6) is 5.88 Å². The molecule has 0 fully saturated rings. The number of carbonyl (C=O) groups is 1. The molecule has 0 saturated carbocycles. The number of benzene rings is 1. The third kappa shape index (κ3) is 1.54. The maximum Gasteiger partial charge on any atom is 0.309 e. The molecule has 2 aromatic rings. The molecule has 0 radical (unpaired) electrons. The lowest BCUT2D eigenvalue weighted by atomic mass is 10.2. The van der Waals surface area contributed by atoms with Crippen molar-refractivity contribution in [3.05, 3.63) is 24.3 Å². The molecule has 2 rings (SSSR count). The fourth-order valence-corrected chi connectivity index (χ4v) is 1.33. The van der Waals surface area contributed by atoms with Crippen molar-refractivity contribution in [2.45, 2.75) is 6.92 Å². The standard InChI is InChI=1S/C10H10N2O2/c1-6(13)14-10-4-7-2-3-8(11)5-9(7)12-10/h2-5,12H,11H2,1H3. The smallest absolute Gasteiger partial charge is 0.309 e. The van der Waals surface area contributed by atoms with Gasteiger partial charge in [-0.3, -0.25) is 4.79 Å². The second kappa shape index (κ2) is 3.06. The maximum absolute atomic E-state index is 10.7. The van der Waals surface area contributed by atoms with Gasteiger partial charge in [0.1, 0.15) is 0 Å². The first-order valence-electron chi connectivity index (χ1n) is 4.22. The molecule has 3 N–H and O–H groups in total. The van der Waals surface area contributed by atoms with Crippen molar-refractivity contribution < 1.29 is 9.53 Å².